The molecule has 0 radical (unpaired) electrons. The van der Waals surface area contributed by atoms with E-state index in [2.05, 4.69) is 5.32 Å². The predicted octanol–water partition coefficient (Wildman–Crippen LogP) is 4.76. The molecule has 1 saturated carbocycles. The minimum Gasteiger partial charge on any atom is -0.342 e. The van der Waals surface area contributed by atoms with Crippen molar-refractivity contribution in [1.29, 1.82) is 0 Å². The van der Waals surface area contributed by atoms with Gasteiger partial charge in [-0.1, -0.05) is 47.5 Å². The Morgan fingerprint density at radius 1 is 1.09 bits per heavy atom. The van der Waals surface area contributed by atoms with E-state index in [1.807, 2.05) is 53.4 Å². The maximum Gasteiger partial charge on any atom is 0.226 e. The van der Waals surface area contributed by atoms with Crippen molar-refractivity contribution >= 4 is 46.1 Å². The number of rotatable bonds is 8. The number of hydrogen-bond donors (Lipinski definition) is 2. The smallest absolute Gasteiger partial charge is 0.226 e. The molecule has 2 aromatic rings. The van der Waals surface area contributed by atoms with E-state index < -0.39 is 22.9 Å². The molecule has 176 valence electrons. The highest BCUT2D eigenvalue weighted by Crippen LogP contribution is 2.48. The zero-order valence-corrected chi connectivity index (χ0v) is 20.3. The van der Waals surface area contributed by atoms with Crippen LogP contribution in [-0.2, 0) is 20.7 Å². The molecular formula is C24H26Cl2N2O4S. The van der Waals surface area contributed by atoms with Crippen molar-refractivity contribution in [3.8, 4) is 0 Å². The van der Waals surface area contributed by atoms with Gasteiger partial charge in [-0.3, -0.25) is 9.59 Å². The topological polar surface area (TPSA) is 86.7 Å². The van der Waals surface area contributed by atoms with Gasteiger partial charge in [0, 0.05) is 34.8 Å². The first kappa shape index (κ1) is 24.2. The summed E-state index contributed by atoms with van der Waals surface area (Å²) in [6.45, 7) is 0.641. The second-order valence-electron chi connectivity index (χ2n) is 8.79. The van der Waals surface area contributed by atoms with Gasteiger partial charge in [0.1, 0.15) is 5.88 Å². The second-order valence-corrected chi connectivity index (χ2v) is 10.6. The van der Waals surface area contributed by atoms with Gasteiger partial charge in [0.15, 0.2) is 11.1 Å². The second kappa shape index (κ2) is 10.6. The number of nitrogens with one attached hydrogen (secondary N) is 1. The minimum atomic E-state index is -2.13. The average molecular weight is 509 g/mol. The summed E-state index contributed by atoms with van der Waals surface area (Å²) in [5.74, 6) is -0.934. The standard InChI is InChI=1S/C24H26Cl2N2O4S/c25-19-8-6-16(7-9-19)23-21(17-2-1-3-20(26)10-17)11-18(12-22(29)27-14-33(31)32)24(30)28(23)13-15-4-5-15/h1-3,6-10,15,18,21,23H,4-5,11-14H2,(H,27,29)(H,31,32). The Balaban J connectivity index is 1.69. The van der Waals surface area contributed by atoms with Crippen molar-refractivity contribution in [2.75, 3.05) is 12.4 Å². The summed E-state index contributed by atoms with van der Waals surface area (Å²) in [5.41, 5.74) is 2.01. The van der Waals surface area contributed by atoms with Crippen molar-refractivity contribution in [3.05, 3.63) is 69.7 Å². The lowest BCUT2D eigenvalue weighted by Gasteiger charge is -2.45. The summed E-state index contributed by atoms with van der Waals surface area (Å²) < 4.78 is 19.9. The Labute approximate surface area is 205 Å². The van der Waals surface area contributed by atoms with Crippen LogP contribution in [0.3, 0.4) is 0 Å². The van der Waals surface area contributed by atoms with E-state index in [0.29, 0.717) is 28.9 Å². The summed E-state index contributed by atoms with van der Waals surface area (Å²) in [4.78, 5) is 28.0. The molecule has 0 aromatic heterocycles. The molecule has 2 amide bonds. The number of likely N-dealkylation sites (tertiary alicyclic amines) is 1. The van der Waals surface area contributed by atoms with Crippen LogP contribution in [0, 0.1) is 11.8 Å². The molecule has 1 aliphatic heterocycles. The Morgan fingerprint density at radius 3 is 2.45 bits per heavy atom. The predicted molar refractivity (Wildman–Crippen MR) is 129 cm³/mol. The van der Waals surface area contributed by atoms with Crippen LogP contribution in [0.5, 0.6) is 0 Å². The van der Waals surface area contributed by atoms with Crippen LogP contribution in [-0.4, -0.2) is 37.9 Å². The van der Waals surface area contributed by atoms with E-state index >= 15 is 0 Å². The fourth-order valence-electron chi connectivity index (χ4n) is 4.64. The number of carbonyl (C=O) groups is 2. The zero-order chi connectivity index (χ0) is 23.5. The number of hydrogen-bond acceptors (Lipinski definition) is 3. The molecule has 2 aromatic carbocycles. The molecular weight excluding hydrogens is 483 g/mol. The van der Waals surface area contributed by atoms with E-state index in [1.54, 1.807) is 0 Å². The lowest BCUT2D eigenvalue weighted by atomic mass is 9.74. The molecule has 4 atom stereocenters. The van der Waals surface area contributed by atoms with Crippen molar-refractivity contribution < 1.29 is 18.4 Å². The van der Waals surface area contributed by atoms with Gasteiger partial charge in [-0.15, -0.1) is 0 Å². The third kappa shape index (κ3) is 6.15. The van der Waals surface area contributed by atoms with Crippen LogP contribution in [0.15, 0.2) is 48.5 Å². The molecule has 4 rings (SSSR count). The third-order valence-corrected chi connectivity index (χ3v) is 7.23. The molecule has 0 bridgehead atoms. The molecule has 2 fully saturated rings. The van der Waals surface area contributed by atoms with E-state index in [9.17, 15) is 13.8 Å². The maximum absolute atomic E-state index is 13.6. The van der Waals surface area contributed by atoms with Gasteiger partial charge in [0.25, 0.3) is 0 Å². The lowest BCUT2D eigenvalue weighted by Crippen LogP contribution is -2.48. The number of piperidine rings is 1. The van der Waals surface area contributed by atoms with Gasteiger partial charge >= 0.3 is 0 Å². The summed E-state index contributed by atoms with van der Waals surface area (Å²) in [7, 11) is 0. The molecule has 1 aliphatic carbocycles. The van der Waals surface area contributed by atoms with E-state index in [-0.39, 0.29) is 30.2 Å². The lowest BCUT2D eigenvalue weighted by molar-refractivity contribution is -0.146. The van der Waals surface area contributed by atoms with E-state index in [1.165, 1.54) is 0 Å². The maximum atomic E-state index is 13.6. The number of amides is 2. The monoisotopic (exact) mass is 508 g/mol. The molecule has 1 heterocycles. The van der Waals surface area contributed by atoms with Gasteiger partial charge in [0.05, 0.1) is 6.04 Å². The minimum absolute atomic E-state index is 0.0262. The van der Waals surface area contributed by atoms with Gasteiger partial charge in [0.2, 0.25) is 11.8 Å². The van der Waals surface area contributed by atoms with Crippen LogP contribution in [0.2, 0.25) is 10.0 Å². The van der Waals surface area contributed by atoms with Crippen LogP contribution in [0.25, 0.3) is 0 Å². The Hall–Kier alpha value is -1.93. The molecule has 0 spiro atoms. The van der Waals surface area contributed by atoms with Crippen LogP contribution in [0.1, 0.15) is 48.8 Å². The fourth-order valence-corrected chi connectivity index (χ4v) is 5.25. The molecule has 9 heteroatoms. The molecule has 4 unspecified atom stereocenters. The first-order chi connectivity index (χ1) is 15.8. The molecule has 33 heavy (non-hydrogen) atoms. The van der Waals surface area contributed by atoms with Crippen LogP contribution >= 0.6 is 23.2 Å². The van der Waals surface area contributed by atoms with Gasteiger partial charge in [-0.2, -0.15) is 0 Å². The summed E-state index contributed by atoms with van der Waals surface area (Å²) in [6, 6.07) is 15.0. The molecule has 2 aliphatic rings. The first-order valence-corrected chi connectivity index (χ1v) is 13.0. The first-order valence-electron chi connectivity index (χ1n) is 11.0. The van der Waals surface area contributed by atoms with Gasteiger partial charge in [-0.05, 0) is 60.6 Å². The van der Waals surface area contributed by atoms with E-state index in [0.717, 1.165) is 24.0 Å². The van der Waals surface area contributed by atoms with Crippen molar-refractivity contribution in [1.82, 2.24) is 10.2 Å². The zero-order valence-electron chi connectivity index (χ0n) is 18.0. The molecule has 1 saturated heterocycles. The summed E-state index contributed by atoms with van der Waals surface area (Å²) in [6.07, 6.45) is 2.63. The Morgan fingerprint density at radius 2 is 1.82 bits per heavy atom. The summed E-state index contributed by atoms with van der Waals surface area (Å²) >= 11 is 10.3. The largest absolute Gasteiger partial charge is 0.342 e. The molecule has 6 nitrogen and oxygen atoms in total. The highest BCUT2D eigenvalue weighted by molar-refractivity contribution is 7.79. The number of halogens is 2. The highest BCUT2D eigenvalue weighted by atomic mass is 35.5. The molecule has 2 N–H and O–H groups in total. The van der Waals surface area contributed by atoms with Crippen molar-refractivity contribution in [3.63, 3.8) is 0 Å². The Bertz CT molecular complexity index is 1050. The SMILES string of the molecule is O=C(CC1CC(c2cccc(Cl)c2)C(c2ccc(Cl)cc2)N(CC2CC2)C1=O)NCS(=O)O. The van der Waals surface area contributed by atoms with Gasteiger partial charge < -0.3 is 14.8 Å². The fraction of sp³-hybridized carbons (Fsp3) is 0.417. The normalized spacial score (nSPS) is 23.9. The van der Waals surface area contributed by atoms with Gasteiger partial charge in [-0.25, -0.2) is 4.21 Å². The average Bonchev–Trinajstić information content (AvgIpc) is 3.60. The summed E-state index contributed by atoms with van der Waals surface area (Å²) in [5, 5.41) is 3.68. The number of nitrogens with zero attached hydrogens (tertiary/aromatic N) is 1. The quantitative estimate of drug-likeness (QED) is 0.503. The number of benzene rings is 2. The van der Waals surface area contributed by atoms with Crippen molar-refractivity contribution in [2.45, 2.75) is 37.6 Å². The van der Waals surface area contributed by atoms with Crippen LogP contribution in [0.4, 0.5) is 0 Å². The third-order valence-electron chi connectivity index (χ3n) is 6.35. The van der Waals surface area contributed by atoms with Crippen LogP contribution < -0.4 is 5.32 Å². The number of carbonyl (C=O) groups excluding carboxylic acids is 2. The van der Waals surface area contributed by atoms with Crippen molar-refractivity contribution in [2.24, 2.45) is 11.8 Å². The Kier molecular flexibility index (Phi) is 7.74. The highest BCUT2D eigenvalue weighted by Gasteiger charge is 2.45. The van der Waals surface area contributed by atoms with E-state index in [4.69, 9.17) is 27.8 Å².